The van der Waals surface area contributed by atoms with Crippen LogP contribution in [0.1, 0.15) is 21.7 Å². The lowest BCUT2D eigenvalue weighted by Gasteiger charge is -2.34. The first-order valence-corrected chi connectivity index (χ1v) is 7.78. The Morgan fingerprint density at radius 2 is 1.96 bits per heavy atom. The standard InChI is InChI=1S/C15H18N6O2/c22-14(13-11-10-23-9-2-12(11)18-19-13)20-5-7-21(8-6-20)15-16-3-1-4-17-15/h1,3-4H,2,5-10H2,(H,18,19). The number of carbonyl (C=O) groups is 1. The predicted octanol–water partition coefficient (Wildman–Crippen LogP) is 0.235. The number of carbonyl (C=O) groups excluding carboxylic acids is 1. The quantitative estimate of drug-likeness (QED) is 0.854. The summed E-state index contributed by atoms with van der Waals surface area (Å²) >= 11 is 0. The number of H-pyrrole nitrogens is 1. The van der Waals surface area contributed by atoms with Crippen molar-refractivity contribution in [1.29, 1.82) is 0 Å². The van der Waals surface area contributed by atoms with Crippen molar-refractivity contribution in [3.8, 4) is 0 Å². The number of piperazine rings is 1. The molecule has 8 heteroatoms. The van der Waals surface area contributed by atoms with Crippen LogP contribution in [0, 0.1) is 0 Å². The molecule has 0 bridgehead atoms. The van der Waals surface area contributed by atoms with E-state index < -0.39 is 0 Å². The molecular formula is C15H18N6O2. The van der Waals surface area contributed by atoms with Crippen LogP contribution in [0.15, 0.2) is 18.5 Å². The average molecular weight is 314 g/mol. The number of aromatic amines is 1. The Bertz CT molecular complexity index is 693. The summed E-state index contributed by atoms with van der Waals surface area (Å²) in [5.41, 5.74) is 2.44. The van der Waals surface area contributed by atoms with Crippen molar-refractivity contribution in [3.05, 3.63) is 35.4 Å². The number of nitrogens with zero attached hydrogens (tertiary/aromatic N) is 5. The first-order valence-electron chi connectivity index (χ1n) is 7.78. The lowest BCUT2D eigenvalue weighted by Crippen LogP contribution is -2.49. The zero-order valence-electron chi connectivity index (χ0n) is 12.7. The van der Waals surface area contributed by atoms with Gasteiger partial charge in [0.25, 0.3) is 5.91 Å². The van der Waals surface area contributed by atoms with E-state index in [1.54, 1.807) is 18.5 Å². The minimum absolute atomic E-state index is 0.0263. The summed E-state index contributed by atoms with van der Waals surface area (Å²) in [6.07, 6.45) is 4.25. The molecule has 0 aliphatic carbocycles. The van der Waals surface area contributed by atoms with Crippen LogP contribution in [-0.4, -0.2) is 63.8 Å². The Kier molecular flexibility index (Phi) is 3.66. The van der Waals surface area contributed by atoms with E-state index in [1.165, 1.54) is 0 Å². The summed E-state index contributed by atoms with van der Waals surface area (Å²) in [7, 11) is 0. The van der Waals surface area contributed by atoms with Gasteiger partial charge >= 0.3 is 0 Å². The second-order valence-electron chi connectivity index (χ2n) is 5.66. The van der Waals surface area contributed by atoms with E-state index in [0.717, 1.165) is 30.8 Å². The number of amides is 1. The Hall–Kier alpha value is -2.48. The Balaban J connectivity index is 1.44. The Labute approximate surface area is 133 Å². The molecule has 0 unspecified atom stereocenters. The first-order chi connectivity index (χ1) is 11.3. The molecule has 2 aromatic heterocycles. The van der Waals surface area contributed by atoms with Gasteiger partial charge in [0.15, 0.2) is 5.69 Å². The highest BCUT2D eigenvalue weighted by atomic mass is 16.5. The molecule has 8 nitrogen and oxygen atoms in total. The van der Waals surface area contributed by atoms with Crippen molar-refractivity contribution in [1.82, 2.24) is 25.1 Å². The normalized spacial score (nSPS) is 17.9. The summed E-state index contributed by atoms with van der Waals surface area (Å²) in [5.74, 6) is 0.687. The fourth-order valence-corrected chi connectivity index (χ4v) is 3.00. The molecule has 0 aromatic carbocycles. The van der Waals surface area contributed by atoms with Gasteiger partial charge in [0.05, 0.1) is 13.2 Å². The van der Waals surface area contributed by atoms with Crippen molar-refractivity contribution >= 4 is 11.9 Å². The molecule has 1 fully saturated rings. The van der Waals surface area contributed by atoms with E-state index in [0.29, 0.717) is 37.9 Å². The summed E-state index contributed by atoms with van der Waals surface area (Å²) in [4.78, 5) is 25.2. The number of hydrogen-bond acceptors (Lipinski definition) is 6. The van der Waals surface area contributed by atoms with Gasteiger partial charge in [-0.25, -0.2) is 9.97 Å². The molecule has 0 radical (unpaired) electrons. The number of rotatable bonds is 2. The topological polar surface area (TPSA) is 87.2 Å². The number of anilines is 1. The van der Waals surface area contributed by atoms with Crippen LogP contribution in [0.25, 0.3) is 0 Å². The highest BCUT2D eigenvalue weighted by molar-refractivity contribution is 5.94. The maximum Gasteiger partial charge on any atom is 0.274 e. The molecule has 0 saturated carbocycles. The molecule has 23 heavy (non-hydrogen) atoms. The fourth-order valence-electron chi connectivity index (χ4n) is 3.00. The summed E-state index contributed by atoms with van der Waals surface area (Å²) in [6.45, 7) is 3.86. The first kappa shape index (κ1) is 14.1. The third-order valence-corrected chi connectivity index (χ3v) is 4.30. The van der Waals surface area contributed by atoms with Crippen LogP contribution in [0.2, 0.25) is 0 Å². The van der Waals surface area contributed by atoms with E-state index in [1.807, 2.05) is 4.90 Å². The SMILES string of the molecule is O=C(c1n[nH]c2c1COCC2)N1CCN(c2ncccn2)CC1. The monoisotopic (exact) mass is 314 g/mol. The van der Waals surface area contributed by atoms with Gasteiger partial charge in [-0.2, -0.15) is 5.10 Å². The van der Waals surface area contributed by atoms with Crippen LogP contribution in [-0.2, 0) is 17.8 Å². The molecule has 0 atom stereocenters. The fraction of sp³-hybridized carbons (Fsp3) is 0.467. The third kappa shape index (κ3) is 2.65. The van der Waals surface area contributed by atoms with Crippen molar-refractivity contribution in [2.45, 2.75) is 13.0 Å². The molecule has 120 valence electrons. The van der Waals surface area contributed by atoms with Gasteiger partial charge in [0.2, 0.25) is 5.95 Å². The molecule has 4 heterocycles. The molecule has 2 aromatic rings. The molecular weight excluding hydrogens is 296 g/mol. The van der Waals surface area contributed by atoms with Gasteiger partial charge in [-0.05, 0) is 6.07 Å². The third-order valence-electron chi connectivity index (χ3n) is 4.30. The summed E-state index contributed by atoms with van der Waals surface area (Å²) < 4.78 is 5.45. The van der Waals surface area contributed by atoms with Crippen LogP contribution in [0.5, 0.6) is 0 Å². The number of ether oxygens (including phenoxy) is 1. The van der Waals surface area contributed by atoms with Gasteiger partial charge in [0.1, 0.15) is 0 Å². The highest BCUT2D eigenvalue weighted by Crippen LogP contribution is 2.20. The minimum atomic E-state index is -0.0263. The molecule has 1 saturated heterocycles. The van der Waals surface area contributed by atoms with Crippen LogP contribution >= 0.6 is 0 Å². The van der Waals surface area contributed by atoms with Crippen molar-refractivity contribution in [2.75, 3.05) is 37.7 Å². The van der Waals surface area contributed by atoms with Crippen LogP contribution in [0.4, 0.5) is 5.95 Å². The second-order valence-corrected chi connectivity index (χ2v) is 5.66. The molecule has 1 N–H and O–H groups in total. The van der Waals surface area contributed by atoms with E-state index in [4.69, 9.17) is 4.74 Å². The second kappa shape index (κ2) is 5.96. The predicted molar refractivity (Wildman–Crippen MR) is 82.1 cm³/mol. The zero-order chi connectivity index (χ0) is 15.6. The maximum absolute atomic E-state index is 12.7. The summed E-state index contributed by atoms with van der Waals surface area (Å²) in [5, 5.41) is 7.19. The summed E-state index contributed by atoms with van der Waals surface area (Å²) in [6, 6.07) is 1.80. The molecule has 4 rings (SSSR count). The molecule has 1 amide bonds. The lowest BCUT2D eigenvalue weighted by atomic mass is 10.1. The number of nitrogens with one attached hydrogen (secondary N) is 1. The largest absolute Gasteiger partial charge is 0.376 e. The zero-order valence-corrected chi connectivity index (χ0v) is 12.7. The molecule has 2 aliphatic heterocycles. The van der Waals surface area contributed by atoms with Gasteiger partial charge in [-0.3, -0.25) is 9.89 Å². The van der Waals surface area contributed by atoms with Crippen molar-refractivity contribution in [2.24, 2.45) is 0 Å². The smallest absolute Gasteiger partial charge is 0.274 e. The van der Waals surface area contributed by atoms with Gasteiger partial charge in [-0.15, -0.1) is 0 Å². The van der Waals surface area contributed by atoms with E-state index >= 15 is 0 Å². The number of hydrogen-bond donors (Lipinski definition) is 1. The van der Waals surface area contributed by atoms with E-state index in [9.17, 15) is 4.79 Å². The Morgan fingerprint density at radius 1 is 1.17 bits per heavy atom. The van der Waals surface area contributed by atoms with Gasteiger partial charge in [-0.1, -0.05) is 0 Å². The average Bonchev–Trinajstić information content (AvgIpc) is 3.06. The maximum atomic E-state index is 12.7. The van der Waals surface area contributed by atoms with Gasteiger partial charge in [0, 0.05) is 56.3 Å². The van der Waals surface area contributed by atoms with Crippen LogP contribution in [0.3, 0.4) is 0 Å². The molecule has 0 spiro atoms. The van der Waals surface area contributed by atoms with Gasteiger partial charge < -0.3 is 14.5 Å². The Morgan fingerprint density at radius 3 is 2.74 bits per heavy atom. The minimum Gasteiger partial charge on any atom is -0.376 e. The molecule has 2 aliphatic rings. The highest BCUT2D eigenvalue weighted by Gasteiger charge is 2.28. The van der Waals surface area contributed by atoms with E-state index in [2.05, 4.69) is 25.1 Å². The number of fused-ring (bicyclic) bond motifs is 1. The van der Waals surface area contributed by atoms with Crippen molar-refractivity contribution < 1.29 is 9.53 Å². The van der Waals surface area contributed by atoms with Crippen LogP contribution < -0.4 is 4.90 Å². The number of aromatic nitrogens is 4. The van der Waals surface area contributed by atoms with Crippen molar-refractivity contribution in [3.63, 3.8) is 0 Å². The van der Waals surface area contributed by atoms with E-state index in [-0.39, 0.29) is 5.91 Å². The lowest BCUT2D eigenvalue weighted by molar-refractivity contribution is 0.0727.